The monoisotopic (exact) mass is 462 g/mol. The van der Waals surface area contributed by atoms with E-state index in [0.717, 1.165) is 66.6 Å². The average Bonchev–Trinajstić information content (AvgIpc) is 3.26. The van der Waals surface area contributed by atoms with Gasteiger partial charge in [-0.1, -0.05) is 6.07 Å². The lowest BCUT2D eigenvalue weighted by atomic mass is 9.98. The minimum absolute atomic E-state index is 0.292. The number of ether oxygens (including phenoxy) is 2. The Bertz CT molecular complexity index is 1230. The second-order valence-corrected chi connectivity index (χ2v) is 9.10. The summed E-state index contributed by atoms with van der Waals surface area (Å²) in [5.41, 5.74) is 11.2. The number of benzene rings is 2. The number of amides is 2. The minimum atomic E-state index is -0.402. The van der Waals surface area contributed by atoms with Gasteiger partial charge in [0.1, 0.15) is 6.61 Å². The zero-order valence-corrected chi connectivity index (χ0v) is 19.4. The third kappa shape index (κ3) is 4.51. The first kappa shape index (κ1) is 22.4. The van der Waals surface area contributed by atoms with Crippen molar-refractivity contribution in [1.29, 1.82) is 0 Å². The molecule has 0 bridgehead atoms. The van der Waals surface area contributed by atoms with Crippen LogP contribution in [0.25, 0.3) is 10.9 Å². The molecule has 8 nitrogen and oxygen atoms in total. The number of hydrogen-bond donors (Lipinski definition) is 2. The quantitative estimate of drug-likeness (QED) is 0.556. The summed E-state index contributed by atoms with van der Waals surface area (Å²) in [6.45, 7) is 3.79. The van der Waals surface area contributed by atoms with Crippen LogP contribution in [0.15, 0.2) is 42.6 Å². The SMILES string of the molecule is COCc1cc2c(cc1CCN1CCC(n3ccc4ccc(C(N)=O)cc43)CC1)NC(=O)OC2. The summed E-state index contributed by atoms with van der Waals surface area (Å²) in [5, 5.41) is 3.93. The molecule has 0 spiro atoms. The number of primary amides is 1. The first-order valence-electron chi connectivity index (χ1n) is 11.7. The largest absolute Gasteiger partial charge is 0.444 e. The van der Waals surface area contributed by atoms with Crippen LogP contribution in [0.5, 0.6) is 0 Å². The minimum Gasteiger partial charge on any atom is -0.444 e. The lowest BCUT2D eigenvalue weighted by Crippen LogP contribution is -2.36. The van der Waals surface area contributed by atoms with Crippen molar-refractivity contribution >= 4 is 28.6 Å². The molecule has 2 aliphatic rings. The van der Waals surface area contributed by atoms with Crippen LogP contribution in [-0.2, 0) is 29.1 Å². The molecule has 2 aromatic carbocycles. The average molecular weight is 463 g/mol. The van der Waals surface area contributed by atoms with Gasteiger partial charge in [0.25, 0.3) is 0 Å². The molecule has 8 heteroatoms. The zero-order chi connectivity index (χ0) is 23.7. The van der Waals surface area contributed by atoms with E-state index >= 15 is 0 Å². The highest BCUT2D eigenvalue weighted by Gasteiger charge is 2.23. The van der Waals surface area contributed by atoms with Crippen molar-refractivity contribution in [2.75, 3.05) is 32.1 Å². The molecule has 1 aromatic heterocycles. The van der Waals surface area contributed by atoms with Crippen LogP contribution in [-0.4, -0.2) is 48.2 Å². The van der Waals surface area contributed by atoms with E-state index in [1.165, 1.54) is 5.56 Å². The summed E-state index contributed by atoms with van der Waals surface area (Å²) >= 11 is 0. The second-order valence-electron chi connectivity index (χ2n) is 9.10. The molecule has 34 heavy (non-hydrogen) atoms. The molecule has 3 N–H and O–H groups in total. The Balaban J connectivity index is 1.24. The maximum atomic E-state index is 11.6. The Morgan fingerprint density at radius 2 is 2.00 bits per heavy atom. The van der Waals surface area contributed by atoms with Crippen molar-refractivity contribution < 1.29 is 19.1 Å². The lowest BCUT2D eigenvalue weighted by molar-refractivity contribution is 0.1000. The molecule has 178 valence electrons. The van der Waals surface area contributed by atoms with E-state index in [2.05, 4.69) is 39.2 Å². The molecular formula is C26H30N4O4. The predicted octanol–water partition coefficient (Wildman–Crippen LogP) is 3.83. The molecular weight excluding hydrogens is 432 g/mol. The molecule has 0 atom stereocenters. The summed E-state index contributed by atoms with van der Waals surface area (Å²) in [5.74, 6) is -0.397. The molecule has 2 aliphatic heterocycles. The van der Waals surface area contributed by atoms with Gasteiger partial charge in [-0.3, -0.25) is 10.1 Å². The lowest BCUT2D eigenvalue weighted by Gasteiger charge is -2.33. The van der Waals surface area contributed by atoms with E-state index in [4.69, 9.17) is 15.2 Å². The number of rotatable bonds is 7. The molecule has 2 amide bonds. The number of anilines is 1. The Hall–Kier alpha value is -3.36. The maximum Gasteiger partial charge on any atom is 0.411 e. The molecule has 0 radical (unpaired) electrons. The third-order valence-corrected chi connectivity index (χ3v) is 6.98. The summed E-state index contributed by atoms with van der Waals surface area (Å²) in [4.78, 5) is 25.7. The van der Waals surface area contributed by atoms with Crippen LogP contribution in [0.4, 0.5) is 10.5 Å². The molecule has 3 aromatic rings. The summed E-state index contributed by atoms with van der Waals surface area (Å²) in [6.07, 6.45) is 4.71. The van der Waals surface area contributed by atoms with E-state index in [-0.39, 0.29) is 0 Å². The van der Waals surface area contributed by atoms with E-state index in [9.17, 15) is 9.59 Å². The number of nitrogens with two attached hydrogens (primary N) is 1. The highest BCUT2D eigenvalue weighted by Crippen LogP contribution is 2.30. The molecule has 1 fully saturated rings. The fourth-order valence-corrected chi connectivity index (χ4v) is 5.11. The summed E-state index contributed by atoms with van der Waals surface area (Å²) in [6, 6.07) is 12.3. The number of piperidine rings is 1. The Morgan fingerprint density at radius 1 is 1.18 bits per heavy atom. The second kappa shape index (κ2) is 9.48. The van der Waals surface area contributed by atoms with Gasteiger partial charge in [-0.05, 0) is 66.1 Å². The van der Waals surface area contributed by atoms with E-state index in [1.807, 2.05) is 12.1 Å². The van der Waals surface area contributed by atoms with E-state index in [1.54, 1.807) is 13.2 Å². The van der Waals surface area contributed by atoms with Gasteiger partial charge in [-0.15, -0.1) is 0 Å². The van der Waals surface area contributed by atoms with Gasteiger partial charge in [0.2, 0.25) is 5.91 Å². The number of aromatic nitrogens is 1. The van der Waals surface area contributed by atoms with Crippen LogP contribution in [0, 0.1) is 0 Å². The fourth-order valence-electron chi connectivity index (χ4n) is 5.11. The predicted molar refractivity (Wildman–Crippen MR) is 130 cm³/mol. The highest BCUT2D eigenvalue weighted by molar-refractivity contribution is 5.97. The van der Waals surface area contributed by atoms with Crippen molar-refractivity contribution in [2.24, 2.45) is 5.73 Å². The third-order valence-electron chi connectivity index (χ3n) is 6.98. The molecule has 1 saturated heterocycles. The molecule has 0 aliphatic carbocycles. The molecule has 0 unspecified atom stereocenters. The summed E-state index contributed by atoms with van der Waals surface area (Å²) in [7, 11) is 1.70. The fraction of sp³-hybridized carbons (Fsp3) is 0.385. The number of likely N-dealkylation sites (tertiary alicyclic amines) is 1. The highest BCUT2D eigenvalue weighted by atomic mass is 16.5. The zero-order valence-electron chi connectivity index (χ0n) is 19.4. The number of nitrogens with one attached hydrogen (secondary N) is 1. The summed E-state index contributed by atoms with van der Waals surface area (Å²) < 4.78 is 12.8. The van der Waals surface area contributed by atoms with Gasteiger partial charge in [0, 0.05) is 55.6 Å². The maximum absolute atomic E-state index is 11.6. The first-order chi connectivity index (χ1) is 16.5. The number of methoxy groups -OCH3 is 1. The van der Waals surface area contributed by atoms with E-state index in [0.29, 0.717) is 24.8 Å². The first-order valence-corrected chi connectivity index (χ1v) is 11.7. The van der Waals surface area contributed by atoms with Gasteiger partial charge >= 0.3 is 6.09 Å². The Kier molecular flexibility index (Phi) is 6.26. The Morgan fingerprint density at radius 3 is 2.76 bits per heavy atom. The van der Waals surface area contributed by atoms with Crippen molar-refractivity contribution in [2.45, 2.75) is 38.5 Å². The number of cyclic esters (lactones) is 1. The van der Waals surface area contributed by atoms with Gasteiger partial charge < -0.3 is 24.7 Å². The van der Waals surface area contributed by atoms with Crippen LogP contribution in [0.2, 0.25) is 0 Å². The van der Waals surface area contributed by atoms with Gasteiger partial charge in [-0.2, -0.15) is 0 Å². The van der Waals surface area contributed by atoms with Crippen LogP contribution < -0.4 is 11.1 Å². The standard InChI is InChI=1S/C26H30N4O4/c1-33-15-20-12-21-16-34-26(32)28-23(21)13-18(20)4-8-29-9-6-22(7-10-29)30-11-5-17-2-3-19(25(27)31)14-24(17)30/h2-3,5,11-14,22H,4,6-10,15-16H2,1H3,(H2,27,31)(H,28,32). The van der Waals surface area contributed by atoms with Crippen LogP contribution in [0.3, 0.4) is 0 Å². The van der Waals surface area contributed by atoms with E-state index < -0.39 is 12.0 Å². The van der Waals surface area contributed by atoms with Crippen molar-refractivity contribution in [1.82, 2.24) is 9.47 Å². The molecule has 3 heterocycles. The number of hydrogen-bond acceptors (Lipinski definition) is 5. The van der Waals surface area contributed by atoms with Crippen LogP contribution in [0.1, 0.15) is 45.9 Å². The van der Waals surface area contributed by atoms with Crippen LogP contribution >= 0.6 is 0 Å². The van der Waals surface area contributed by atoms with Gasteiger partial charge in [0.05, 0.1) is 12.3 Å². The van der Waals surface area contributed by atoms with Crippen molar-refractivity contribution in [3.63, 3.8) is 0 Å². The topological polar surface area (TPSA) is 98.8 Å². The normalized spacial score (nSPS) is 16.8. The Labute approximate surface area is 198 Å². The number of carbonyl (C=O) groups is 2. The molecule has 5 rings (SSSR count). The number of carbonyl (C=O) groups excluding carboxylic acids is 2. The smallest absolute Gasteiger partial charge is 0.411 e. The van der Waals surface area contributed by atoms with Crippen molar-refractivity contribution in [3.05, 3.63) is 64.8 Å². The van der Waals surface area contributed by atoms with Crippen molar-refractivity contribution in [3.8, 4) is 0 Å². The molecule has 0 saturated carbocycles. The number of nitrogens with zero attached hydrogens (tertiary/aromatic N) is 2. The van der Waals surface area contributed by atoms with Gasteiger partial charge in [0.15, 0.2) is 0 Å². The number of fused-ring (bicyclic) bond motifs is 2. The van der Waals surface area contributed by atoms with Gasteiger partial charge in [-0.25, -0.2) is 4.79 Å².